The van der Waals surface area contributed by atoms with Crippen LogP contribution in [0.25, 0.3) is 10.7 Å². The zero-order valence-electron chi connectivity index (χ0n) is 18.6. The van der Waals surface area contributed by atoms with E-state index in [-0.39, 0.29) is 11.9 Å². The fourth-order valence-corrected chi connectivity index (χ4v) is 4.89. The number of aromatic amines is 1. The molecule has 3 aromatic heterocycles. The highest BCUT2D eigenvalue weighted by Gasteiger charge is 2.27. The third-order valence-electron chi connectivity index (χ3n) is 5.58. The summed E-state index contributed by atoms with van der Waals surface area (Å²) in [6.07, 6.45) is 2.35. The quantitative estimate of drug-likeness (QED) is 0.420. The van der Waals surface area contributed by atoms with Crippen LogP contribution in [0.4, 0.5) is 5.82 Å². The lowest BCUT2D eigenvalue weighted by molar-refractivity contribution is -0.134. The normalized spacial score (nSPS) is 15.2. The number of esters is 1. The van der Waals surface area contributed by atoms with Gasteiger partial charge >= 0.3 is 5.97 Å². The molecule has 1 unspecified atom stereocenters. The summed E-state index contributed by atoms with van der Waals surface area (Å²) in [5, 5.41) is 9.14. The van der Waals surface area contributed by atoms with Crippen LogP contribution in [0.15, 0.2) is 35.8 Å². The number of ether oxygens (including phenoxy) is 1. The smallest absolute Gasteiger partial charge is 0.339 e. The van der Waals surface area contributed by atoms with Crippen LogP contribution < -0.4 is 4.90 Å². The number of anilines is 1. The summed E-state index contributed by atoms with van der Waals surface area (Å²) in [6.45, 7) is 6.61. The van der Waals surface area contributed by atoms with Gasteiger partial charge in [0.15, 0.2) is 10.6 Å². The Morgan fingerprint density at radius 1 is 1.24 bits per heavy atom. The molecule has 174 valence electrons. The molecule has 1 atom stereocenters. The fourth-order valence-electron chi connectivity index (χ4n) is 3.89. The van der Waals surface area contributed by atoms with Gasteiger partial charge in [0.05, 0.1) is 17.0 Å². The topological polar surface area (TPSA) is 96.4 Å². The van der Waals surface area contributed by atoms with Crippen LogP contribution >= 0.6 is 23.6 Å². The van der Waals surface area contributed by atoms with Crippen LogP contribution in [0, 0.1) is 4.77 Å². The second kappa shape index (κ2) is 10.3. The van der Waals surface area contributed by atoms with E-state index < -0.39 is 6.04 Å². The van der Waals surface area contributed by atoms with E-state index in [1.54, 1.807) is 28.9 Å². The molecule has 1 amide bonds. The zero-order chi connectivity index (χ0) is 23.4. The maximum absolute atomic E-state index is 13.4. The molecule has 4 rings (SSSR count). The van der Waals surface area contributed by atoms with Crippen molar-refractivity contribution in [2.45, 2.75) is 26.3 Å². The lowest BCUT2D eigenvalue weighted by atomic mass is 10.2. The number of amides is 1. The largest absolute Gasteiger partial charge is 0.462 e. The van der Waals surface area contributed by atoms with Crippen molar-refractivity contribution in [2.75, 3.05) is 37.7 Å². The van der Waals surface area contributed by atoms with Crippen molar-refractivity contribution in [3.8, 4) is 10.7 Å². The number of nitrogens with zero attached hydrogens (tertiary/aromatic N) is 5. The Hall–Kier alpha value is -3.05. The van der Waals surface area contributed by atoms with Gasteiger partial charge in [0, 0.05) is 32.4 Å². The van der Waals surface area contributed by atoms with Gasteiger partial charge in [-0.3, -0.25) is 14.5 Å². The van der Waals surface area contributed by atoms with Gasteiger partial charge in [0.2, 0.25) is 5.91 Å². The molecular weight excluding hydrogens is 460 g/mol. The highest BCUT2D eigenvalue weighted by atomic mass is 32.1. The third-order valence-corrected chi connectivity index (χ3v) is 6.74. The molecule has 3 aromatic rings. The average Bonchev–Trinajstić information content (AvgIpc) is 3.42. The molecule has 11 heteroatoms. The molecule has 1 saturated heterocycles. The summed E-state index contributed by atoms with van der Waals surface area (Å²) < 4.78 is 7.24. The summed E-state index contributed by atoms with van der Waals surface area (Å²) in [5.41, 5.74) is 0.430. The van der Waals surface area contributed by atoms with Gasteiger partial charge in [-0.05, 0) is 56.1 Å². The monoisotopic (exact) mass is 486 g/mol. The Morgan fingerprint density at radius 3 is 2.79 bits per heavy atom. The number of aromatic nitrogens is 4. The highest BCUT2D eigenvalue weighted by molar-refractivity contribution is 7.71. The molecule has 1 fully saturated rings. The van der Waals surface area contributed by atoms with Crippen LogP contribution in [0.1, 0.15) is 36.7 Å². The number of pyridine rings is 1. The molecule has 9 nitrogen and oxygen atoms in total. The van der Waals surface area contributed by atoms with Gasteiger partial charge < -0.3 is 14.5 Å². The first-order valence-corrected chi connectivity index (χ1v) is 12.2. The summed E-state index contributed by atoms with van der Waals surface area (Å²) in [5.74, 6) is 1.09. The highest BCUT2D eigenvalue weighted by Crippen LogP contribution is 2.26. The molecule has 0 spiro atoms. The fraction of sp³-hybridized carbons (Fsp3) is 0.409. The van der Waals surface area contributed by atoms with Gasteiger partial charge in [0.1, 0.15) is 11.9 Å². The first-order valence-electron chi connectivity index (χ1n) is 10.9. The van der Waals surface area contributed by atoms with Crippen LogP contribution in [-0.4, -0.2) is 69.3 Å². The number of H-pyrrole nitrogens is 1. The summed E-state index contributed by atoms with van der Waals surface area (Å²) in [7, 11) is 0. The van der Waals surface area contributed by atoms with Crippen LogP contribution in [0.2, 0.25) is 0 Å². The van der Waals surface area contributed by atoms with Crippen molar-refractivity contribution in [1.29, 1.82) is 0 Å². The second-order valence-corrected chi connectivity index (χ2v) is 9.00. The second-order valence-electron chi connectivity index (χ2n) is 7.67. The maximum Gasteiger partial charge on any atom is 0.339 e. The van der Waals surface area contributed by atoms with E-state index >= 15 is 0 Å². The predicted molar refractivity (Wildman–Crippen MR) is 129 cm³/mol. The Balaban J connectivity index is 1.44. The van der Waals surface area contributed by atoms with Crippen LogP contribution in [0.5, 0.6) is 0 Å². The summed E-state index contributed by atoms with van der Waals surface area (Å²) >= 11 is 6.99. The van der Waals surface area contributed by atoms with E-state index in [0.717, 1.165) is 23.7 Å². The number of thiophene rings is 1. The summed E-state index contributed by atoms with van der Waals surface area (Å²) in [6, 6.07) is 6.99. The van der Waals surface area contributed by atoms with E-state index in [1.807, 2.05) is 35.4 Å². The first kappa shape index (κ1) is 23.1. The molecule has 1 aliphatic heterocycles. The van der Waals surface area contributed by atoms with Gasteiger partial charge in [0.25, 0.3) is 0 Å². The number of hydrogen-bond acceptors (Lipinski definition) is 8. The van der Waals surface area contributed by atoms with Crippen molar-refractivity contribution in [2.24, 2.45) is 0 Å². The molecule has 4 heterocycles. The Morgan fingerprint density at radius 2 is 2.09 bits per heavy atom. The molecular formula is C22H26N6O3S2. The van der Waals surface area contributed by atoms with E-state index in [9.17, 15) is 9.59 Å². The van der Waals surface area contributed by atoms with Crippen molar-refractivity contribution < 1.29 is 14.3 Å². The SMILES string of the molecule is CCOC(=O)c1ccc(N2CCCN(C(=O)C(C)n3c(-c4cccs4)n[nH]c3=S)CC2)nc1. The number of hydrogen-bond donors (Lipinski definition) is 1. The lowest BCUT2D eigenvalue weighted by Gasteiger charge is -2.26. The van der Waals surface area contributed by atoms with Crippen LogP contribution in [0.3, 0.4) is 0 Å². The first-order chi connectivity index (χ1) is 16.0. The molecule has 0 radical (unpaired) electrons. The van der Waals surface area contributed by atoms with Gasteiger partial charge in [-0.25, -0.2) is 9.78 Å². The van der Waals surface area contributed by atoms with Gasteiger partial charge in [-0.15, -0.1) is 11.3 Å². The zero-order valence-corrected chi connectivity index (χ0v) is 20.2. The molecule has 1 aliphatic rings. The molecule has 1 N–H and O–H groups in total. The number of carbonyl (C=O) groups excluding carboxylic acids is 2. The minimum Gasteiger partial charge on any atom is -0.462 e. The van der Waals surface area contributed by atoms with E-state index in [4.69, 9.17) is 17.0 Å². The Bertz CT molecular complexity index is 1160. The van der Waals surface area contributed by atoms with Crippen molar-refractivity contribution in [1.82, 2.24) is 24.6 Å². The number of rotatable bonds is 6. The van der Waals surface area contributed by atoms with Gasteiger partial charge in [-0.1, -0.05) is 6.07 Å². The predicted octanol–water partition coefficient (Wildman–Crippen LogP) is 3.54. The minimum atomic E-state index is -0.470. The molecule has 0 bridgehead atoms. The number of nitrogens with one attached hydrogen (secondary N) is 1. The van der Waals surface area contributed by atoms with E-state index in [2.05, 4.69) is 20.1 Å². The molecule has 0 aliphatic carbocycles. The Kier molecular flexibility index (Phi) is 7.19. The lowest BCUT2D eigenvalue weighted by Crippen LogP contribution is -2.39. The van der Waals surface area contributed by atoms with Gasteiger partial charge in [-0.2, -0.15) is 5.10 Å². The standard InChI is InChI=1S/C22H26N6O3S2/c1-3-31-21(30)16-7-8-18(23-14-16)26-9-5-10-27(12-11-26)20(29)15(2)28-19(24-25-22(28)32)17-6-4-13-33-17/h4,6-8,13-15H,3,5,9-12H2,1-2H3,(H,25,32). The number of carbonyl (C=O) groups is 2. The van der Waals surface area contributed by atoms with Crippen molar-refractivity contribution in [3.63, 3.8) is 0 Å². The molecule has 0 aromatic carbocycles. The Labute approximate surface area is 201 Å². The molecule has 0 saturated carbocycles. The minimum absolute atomic E-state index is 0.0118. The van der Waals surface area contributed by atoms with E-state index in [0.29, 0.717) is 42.4 Å². The summed E-state index contributed by atoms with van der Waals surface area (Å²) in [4.78, 5) is 34.6. The van der Waals surface area contributed by atoms with E-state index in [1.165, 1.54) is 6.20 Å². The third kappa shape index (κ3) is 4.98. The maximum atomic E-state index is 13.4. The average molecular weight is 487 g/mol. The molecule has 33 heavy (non-hydrogen) atoms. The van der Waals surface area contributed by atoms with Crippen molar-refractivity contribution >= 4 is 41.2 Å². The van der Waals surface area contributed by atoms with Crippen LogP contribution in [-0.2, 0) is 9.53 Å². The van der Waals surface area contributed by atoms with Crippen molar-refractivity contribution in [3.05, 3.63) is 46.2 Å².